The summed E-state index contributed by atoms with van der Waals surface area (Å²) in [6, 6.07) is 13.0. The topological polar surface area (TPSA) is 83.8 Å². The molecule has 2 aromatic rings. The van der Waals surface area contributed by atoms with E-state index in [4.69, 9.17) is 4.18 Å². The van der Waals surface area contributed by atoms with Crippen LogP contribution in [-0.2, 0) is 28.4 Å². The van der Waals surface area contributed by atoms with Gasteiger partial charge in [0.05, 0.1) is 11.9 Å². The second-order valence-electron chi connectivity index (χ2n) is 9.52. The van der Waals surface area contributed by atoms with E-state index in [0.717, 1.165) is 63.2 Å². The second-order valence-corrected chi connectivity index (χ2v) is 11.1. The average molecular weight is 445 g/mol. The lowest BCUT2D eigenvalue weighted by Crippen LogP contribution is -2.51. The van der Waals surface area contributed by atoms with Crippen molar-refractivity contribution in [2.75, 3.05) is 6.26 Å². The number of fused-ring (bicyclic) bond motifs is 3. The minimum absolute atomic E-state index is 0.0968. The molecule has 5 nitrogen and oxygen atoms in total. The predicted molar refractivity (Wildman–Crippen MR) is 121 cm³/mol. The van der Waals surface area contributed by atoms with Crippen LogP contribution in [0.4, 0.5) is 0 Å². The van der Waals surface area contributed by atoms with E-state index in [9.17, 15) is 18.6 Å². The number of phenolic OH excluding ortho intramolecular Hbond substituents is 1. The van der Waals surface area contributed by atoms with Gasteiger partial charge in [-0.1, -0.05) is 31.5 Å². The number of aliphatic hydroxyl groups is 1. The number of hydrogen-bond acceptors (Lipinski definition) is 5. The fraction of sp³-hybridized carbons (Fsp3) is 0.520. The van der Waals surface area contributed by atoms with Crippen LogP contribution in [0.5, 0.6) is 11.5 Å². The molecule has 0 amide bonds. The Morgan fingerprint density at radius 2 is 1.87 bits per heavy atom. The quantitative estimate of drug-likeness (QED) is 0.642. The van der Waals surface area contributed by atoms with Crippen molar-refractivity contribution in [3.63, 3.8) is 0 Å². The third-order valence-corrected chi connectivity index (χ3v) is 7.73. The third-order valence-electron chi connectivity index (χ3n) is 7.24. The molecule has 0 heterocycles. The first-order valence-electron chi connectivity index (χ1n) is 11.2. The molecule has 0 aromatic heterocycles. The van der Waals surface area contributed by atoms with Crippen molar-refractivity contribution >= 4 is 10.1 Å². The van der Waals surface area contributed by atoms with E-state index >= 15 is 0 Å². The molecule has 6 heteroatoms. The van der Waals surface area contributed by atoms with E-state index in [0.29, 0.717) is 17.4 Å². The summed E-state index contributed by atoms with van der Waals surface area (Å²) in [7, 11) is -3.55. The number of benzene rings is 2. The van der Waals surface area contributed by atoms with Gasteiger partial charge in [0.25, 0.3) is 0 Å². The van der Waals surface area contributed by atoms with Gasteiger partial charge >= 0.3 is 10.1 Å². The lowest BCUT2D eigenvalue weighted by atomic mass is 9.52. The summed E-state index contributed by atoms with van der Waals surface area (Å²) in [4.78, 5) is 0. The van der Waals surface area contributed by atoms with Gasteiger partial charge in [-0.2, -0.15) is 8.42 Å². The van der Waals surface area contributed by atoms with E-state index in [1.807, 2.05) is 18.2 Å². The van der Waals surface area contributed by atoms with Crippen LogP contribution < -0.4 is 4.18 Å². The summed E-state index contributed by atoms with van der Waals surface area (Å²) in [6.45, 7) is 2.12. The zero-order valence-electron chi connectivity index (χ0n) is 18.3. The average Bonchev–Trinajstić information content (AvgIpc) is 2.69. The first-order chi connectivity index (χ1) is 14.6. The SMILES string of the molecule is CCCC1(O)CC[C@@]2(Cc3ccc(OS(C)(=O)=O)cc3)c3ccc(O)cc3CC[C@H]2C1. The smallest absolute Gasteiger partial charge is 0.306 e. The number of phenols is 1. The van der Waals surface area contributed by atoms with Gasteiger partial charge in [0.2, 0.25) is 0 Å². The monoisotopic (exact) mass is 444 g/mol. The zero-order valence-corrected chi connectivity index (χ0v) is 19.1. The molecule has 2 aliphatic rings. The molecule has 2 N–H and O–H groups in total. The lowest BCUT2D eigenvalue weighted by molar-refractivity contribution is -0.0565. The van der Waals surface area contributed by atoms with Gasteiger partial charge in [-0.05, 0) is 91.8 Å². The first-order valence-corrected chi connectivity index (χ1v) is 13.0. The van der Waals surface area contributed by atoms with Crippen molar-refractivity contribution in [3.8, 4) is 11.5 Å². The molecular formula is C25H32O5S. The highest BCUT2D eigenvalue weighted by atomic mass is 32.2. The molecule has 0 radical (unpaired) electrons. The molecule has 3 atom stereocenters. The molecule has 2 aromatic carbocycles. The van der Waals surface area contributed by atoms with Gasteiger partial charge in [0, 0.05) is 5.41 Å². The minimum atomic E-state index is -3.55. The van der Waals surface area contributed by atoms with Gasteiger partial charge in [-0.3, -0.25) is 0 Å². The molecule has 0 spiro atoms. The first kappa shape index (κ1) is 22.2. The second kappa shape index (κ2) is 8.14. The van der Waals surface area contributed by atoms with Gasteiger partial charge in [0.15, 0.2) is 0 Å². The summed E-state index contributed by atoms with van der Waals surface area (Å²) < 4.78 is 27.8. The standard InChI is InChI=1S/C25H32O5S/c1-3-12-24(27)13-14-25(16-18-4-9-22(10-5-18)30-31(2,28)29)20(17-24)7-6-19-15-21(26)8-11-23(19)25/h4-5,8-11,15,20,26-27H,3,6-7,12-14,16-17H2,1-2H3/t20-,24?,25-/m0/s1. The molecule has 2 aliphatic carbocycles. The fourth-order valence-electron chi connectivity index (χ4n) is 5.97. The van der Waals surface area contributed by atoms with E-state index in [-0.39, 0.29) is 5.41 Å². The van der Waals surface area contributed by atoms with Crippen molar-refractivity contribution in [2.24, 2.45) is 5.92 Å². The van der Waals surface area contributed by atoms with Crippen LogP contribution in [0.1, 0.15) is 62.1 Å². The van der Waals surface area contributed by atoms with Crippen LogP contribution in [0.2, 0.25) is 0 Å². The van der Waals surface area contributed by atoms with Crippen LogP contribution in [0.25, 0.3) is 0 Å². The molecule has 168 valence electrons. The van der Waals surface area contributed by atoms with Crippen molar-refractivity contribution < 1.29 is 22.8 Å². The number of rotatable bonds is 6. The van der Waals surface area contributed by atoms with Crippen LogP contribution >= 0.6 is 0 Å². The largest absolute Gasteiger partial charge is 0.508 e. The van der Waals surface area contributed by atoms with E-state index in [1.165, 1.54) is 11.1 Å². The lowest BCUT2D eigenvalue weighted by Gasteiger charge is -2.53. The summed E-state index contributed by atoms with van der Waals surface area (Å²) in [5.74, 6) is 0.977. The summed E-state index contributed by atoms with van der Waals surface area (Å²) >= 11 is 0. The summed E-state index contributed by atoms with van der Waals surface area (Å²) in [6.07, 6.45) is 8.05. The Hall–Kier alpha value is -2.05. The highest BCUT2D eigenvalue weighted by Crippen LogP contribution is 2.55. The number of hydrogen-bond donors (Lipinski definition) is 2. The van der Waals surface area contributed by atoms with Crippen LogP contribution in [0.3, 0.4) is 0 Å². The maximum atomic E-state index is 11.4. The zero-order chi connectivity index (χ0) is 22.3. The Labute approximate surface area is 185 Å². The number of aromatic hydroxyl groups is 1. The molecule has 0 saturated heterocycles. The Morgan fingerprint density at radius 3 is 2.55 bits per heavy atom. The molecule has 1 unspecified atom stereocenters. The Balaban J connectivity index is 1.69. The Morgan fingerprint density at radius 1 is 1.13 bits per heavy atom. The van der Waals surface area contributed by atoms with Gasteiger partial charge < -0.3 is 14.4 Å². The summed E-state index contributed by atoms with van der Waals surface area (Å²) in [5.41, 5.74) is 2.92. The van der Waals surface area contributed by atoms with E-state index < -0.39 is 15.7 Å². The Kier molecular flexibility index (Phi) is 5.81. The predicted octanol–water partition coefficient (Wildman–Crippen LogP) is 4.49. The van der Waals surface area contributed by atoms with Gasteiger partial charge in [-0.25, -0.2) is 0 Å². The van der Waals surface area contributed by atoms with E-state index in [1.54, 1.807) is 18.2 Å². The highest BCUT2D eigenvalue weighted by molar-refractivity contribution is 7.86. The van der Waals surface area contributed by atoms with Crippen LogP contribution in [-0.4, -0.2) is 30.5 Å². The van der Waals surface area contributed by atoms with Crippen molar-refractivity contribution in [1.82, 2.24) is 0 Å². The molecule has 1 saturated carbocycles. The number of aryl methyl sites for hydroxylation is 1. The normalized spacial score (nSPS) is 27.9. The van der Waals surface area contributed by atoms with E-state index in [2.05, 4.69) is 13.0 Å². The Bertz CT molecular complexity index is 1050. The summed E-state index contributed by atoms with van der Waals surface area (Å²) in [5, 5.41) is 21.2. The fourth-order valence-corrected chi connectivity index (χ4v) is 6.43. The van der Waals surface area contributed by atoms with Crippen LogP contribution in [0.15, 0.2) is 42.5 Å². The van der Waals surface area contributed by atoms with Crippen LogP contribution in [0, 0.1) is 5.92 Å². The van der Waals surface area contributed by atoms with Crippen molar-refractivity contribution in [3.05, 3.63) is 59.2 Å². The third kappa shape index (κ3) is 4.60. The maximum absolute atomic E-state index is 11.4. The van der Waals surface area contributed by atoms with Gasteiger partial charge in [0.1, 0.15) is 11.5 Å². The highest BCUT2D eigenvalue weighted by Gasteiger charge is 2.51. The molecule has 0 aliphatic heterocycles. The van der Waals surface area contributed by atoms with Crippen molar-refractivity contribution in [2.45, 2.75) is 69.3 Å². The maximum Gasteiger partial charge on any atom is 0.306 e. The van der Waals surface area contributed by atoms with Crippen molar-refractivity contribution in [1.29, 1.82) is 0 Å². The minimum Gasteiger partial charge on any atom is -0.508 e. The molecule has 31 heavy (non-hydrogen) atoms. The molecule has 0 bridgehead atoms. The molecule has 1 fully saturated rings. The van der Waals surface area contributed by atoms with Gasteiger partial charge in [-0.15, -0.1) is 0 Å². The molecule has 4 rings (SSSR count). The molecular weight excluding hydrogens is 412 g/mol.